The average Bonchev–Trinajstić information content (AvgIpc) is 4.22. The molecule has 72 heavy (non-hydrogen) atoms. The van der Waals surface area contributed by atoms with Gasteiger partial charge >= 0.3 is 12.2 Å². The number of anilines is 2. The molecule has 0 unspecified atom stereocenters. The van der Waals surface area contributed by atoms with E-state index >= 15 is 8.78 Å². The van der Waals surface area contributed by atoms with E-state index in [-0.39, 0.29) is 60.2 Å². The molecule has 4 amide bonds. The number of imidazole rings is 2. The van der Waals surface area contributed by atoms with Crippen molar-refractivity contribution in [2.45, 2.75) is 121 Å². The number of hydrogen-bond donors (Lipinski definition) is 5. The van der Waals surface area contributed by atoms with Crippen LogP contribution in [0.25, 0.3) is 22.1 Å². The summed E-state index contributed by atoms with van der Waals surface area (Å²) < 4.78 is 49.2. The quantitative estimate of drug-likeness (QED) is 0.0716. The van der Waals surface area contributed by atoms with Crippen LogP contribution in [0.3, 0.4) is 0 Å². The molecule has 4 saturated heterocycles. The van der Waals surface area contributed by atoms with Crippen molar-refractivity contribution >= 4 is 57.4 Å². The molecule has 4 aliphatic heterocycles. The molecule has 9 rings (SSSR count). The third kappa shape index (κ3) is 9.86. The highest BCUT2D eigenvalue weighted by molar-refractivity contribution is 5.87. The molecule has 8 atom stereocenters. The molecule has 6 heterocycles. The van der Waals surface area contributed by atoms with E-state index in [1.165, 1.54) is 19.2 Å². The molecule has 0 radical (unpaired) electrons. The highest BCUT2D eigenvalue weighted by Crippen LogP contribution is 2.49. The zero-order valence-corrected chi connectivity index (χ0v) is 41.9. The molecule has 5 aromatic rings. The van der Waals surface area contributed by atoms with Gasteiger partial charge in [0.1, 0.15) is 29.4 Å². The number of hydrogen-bond acceptors (Lipinski definition) is 11. The second-order valence-electron chi connectivity index (χ2n) is 20.3. The molecular formula is C52H66F2N10O8. The second-order valence-corrected chi connectivity index (χ2v) is 20.3. The van der Waals surface area contributed by atoms with Crippen molar-refractivity contribution in [3.05, 3.63) is 82.9 Å². The van der Waals surface area contributed by atoms with Crippen LogP contribution in [0.2, 0.25) is 0 Å². The number of nitrogens with zero attached hydrogens (tertiary/aromatic N) is 6. The molecule has 0 saturated carbocycles. The summed E-state index contributed by atoms with van der Waals surface area (Å²) in [4.78, 5) is 76.3. The van der Waals surface area contributed by atoms with Gasteiger partial charge in [-0.3, -0.25) is 9.59 Å². The molecule has 0 aliphatic carbocycles. The number of aromatic nitrogens is 4. The van der Waals surface area contributed by atoms with Gasteiger partial charge in [-0.05, 0) is 91.5 Å². The van der Waals surface area contributed by atoms with Gasteiger partial charge in [0.15, 0.2) is 11.6 Å². The van der Waals surface area contributed by atoms with Crippen LogP contribution in [0, 0.1) is 23.5 Å². The van der Waals surface area contributed by atoms with Crippen LogP contribution in [0.1, 0.15) is 120 Å². The number of aromatic amines is 2. The number of methoxy groups -OCH3 is 3. The molecular weight excluding hydrogens is 931 g/mol. The Hall–Kier alpha value is -6.54. The number of ether oxygens (including phenoxy) is 3. The number of alkyl carbamates (subject to hydrolysis) is 1. The van der Waals surface area contributed by atoms with Crippen LogP contribution in [0.15, 0.2) is 48.5 Å². The van der Waals surface area contributed by atoms with Gasteiger partial charge in [-0.2, -0.15) is 0 Å². The summed E-state index contributed by atoms with van der Waals surface area (Å²) in [5.41, 5.74) is 4.93. The number of benzene rings is 3. The van der Waals surface area contributed by atoms with Gasteiger partial charge in [0, 0.05) is 58.9 Å². The lowest BCUT2D eigenvalue weighted by Gasteiger charge is -2.35. The van der Waals surface area contributed by atoms with Crippen LogP contribution in [0.4, 0.5) is 29.7 Å². The first-order valence-electron chi connectivity index (χ1n) is 25.1. The summed E-state index contributed by atoms with van der Waals surface area (Å²) >= 11 is 0. The smallest absolute Gasteiger partial charge is 0.407 e. The van der Waals surface area contributed by atoms with Crippen LogP contribution < -0.4 is 20.4 Å². The third-order valence-electron chi connectivity index (χ3n) is 15.2. The van der Waals surface area contributed by atoms with E-state index in [1.54, 1.807) is 42.8 Å². The monoisotopic (exact) mass is 997 g/mol. The Morgan fingerprint density at radius 2 is 1.15 bits per heavy atom. The number of fused-ring (bicyclic) bond motifs is 2. The van der Waals surface area contributed by atoms with E-state index in [2.05, 4.69) is 25.5 Å². The number of nitrogens with one attached hydrogen (secondary N) is 4. The highest BCUT2D eigenvalue weighted by Gasteiger charge is 2.44. The average molecular weight is 997 g/mol. The minimum absolute atomic E-state index is 0.00811. The molecule has 0 spiro atoms. The van der Waals surface area contributed by atoms with E-state index in [1.807, 2.05) is 50.2 Å². The first-order chi connectivity index (χ1) is 34.6. The number of likely N-dealkylation sites (tertiary alicyclic amines) is 2. The lowest BCUT2D eigenvalue weighted by atomic mass is 10.0. The molecule has 18 nitrogen and oxygen atoms in total. The molecule has 4 aliphatic rings. The SMILES string of the molecule is COC(=O)N[C@H](C(=O)N1C[C@H](OC)C[C@H]1c1nc2cc([C@H]3CC[C@H](c4ccc5[nH]c([C@@H]6C[C@@H](OC)CN6C(=O)[C@@H](NC(=O)O)C(C)C)nc5c4)N3c3cc(F)c(N4CCCCC4)c(F)c3)ccc2[nH]1)C(C)C. The van der Waals surface area contributed by atoms with Gasteiger partial charge in [0.2, 0.25) is 11.8 Å². The lowest BCUT2D eigenvalue weighted by Crippen LogP contribution is -2.51. The van der Waals surface area contributed by atoms with E-state index in [0.29, 0.717) is 73.7 Å². The Morgan fingerprint density at radius 1 is 0.681 bits per heavy atom. The predicted molar refractivity (Wildman–Crippen MR) is 265 cm³/mol. The van der Waals surface area contributed by atoms with Gasteiger partial charge in [-0.15, -0.1) is 0 Å². The number of piperidine rings is 1. The van der Waals surface area contributed by atoms with E-state index in [9.17, 15) is 24.3 Å². The first-order valence-corrected chi connectivity index (χ1v) is 25.1. The van der Waals surface area contributed by atoms with E-state index in [0.717, 1.165) is 41.4 Å². The molecule has 0 bridgehead atoms. The number of H-pyrrole nitrogens is 2. The summed E-state index contributed by atoms with van der Waals surface area (Å²) in [5.74, 6) is -1.30. The predicted octanol–water partition coefficient (Wildman–Crippen LogP) is 8.04. The zero-order chi connectivity index (χ0) is 51.1. The van der Waals surface area contributed by atoms with Crippen LogP contribution in [0.5, 0.6) is 0 Å². The number of rotatable bonds is 14. The van der Waals surface area contributed by atoms with E-state index < -0.39 is 48.0 Å². The van der Waals surface area contributed by atoms with E-state index in [4.69, 9.17) is 24.2 Å². The maximum atomic E-state index is 16.5. The Kier molecular flexibility index (Phi) is 14.6. The van der Waals surface area contributed by atoms with Crippen molar-refractivity contribution < 1.29 is 47.3 Å². The Morgan fingerprint density at radius 3 is 1.58 bits per heavy atom. The molecule has 5 N–H and O–H groups in total. The number of halogens is 2. The highest BCUT2D eigenvalue weighted by atomic mass is 19.1. The van der Waals surface area contributed by atoms with Crippen molar-refractivity contribution in [1.29, 1.82) is 0 Å². The molecule has 20 heteroatoms. The summed E-state index contributed by atoms with van der Waals surface area (Å²) in [6, 6.07) is 11.3. The zero-order valence-electron chi connectivity index (χ0n) is 41.9. The maximum Gasteiger partial charge on any atom is 0.407 e. The lowest BCUT2D eigenvalue weighted by molar-refractivity contribution is -0.136. The Bertz CT molecular complexity index is 2790. The summed E-state index contributed by atoms with van der Waals surface area (Å²) in [6.45, 7) is 9.03. The fourth-order valence-corrected chi connectivity index (χ4v) is 11.4. The number of carbonyl (C=O) groups is 4. The largest absolute Gasteiger partial charge is 0.465 e. The van der Waals surface area contributed by atoms with Crippen molar-refractivity contribution in [2.24, 2.45) is 11.8 Å². The van der Waals surface area contributed by atoms with Crippen molar-refractivity contribution in [1.82, 2.24) is 40.4 Å². The molecule has 386 valence electrons. The van der Waals surface area contributed by atoms with Gasteiger partial charge in [-0.1, -0.05) is 39.8 Å². The molecule has 2 aromatic heterocycles. The Balaban J connectivity index is 1.06. The summed E-state index contributed by atoms with van der Waals surface area (Å²) in [7, 11) is 4.45. The Labute approximate surface area is 417 Å². The minimum Gasteiger partial charge on any atom is -0.465 e. The number of amides is 4. The minimum atomic E-state index is -1.28. The topological polar surface area (TPSA) is 211 Å². The van der Waals surface area contributed by atoms with Crippen molar-refractivity contribution in [2.75, 3.05) is 57.3 Å². The van der Waals surface area contributed by atoms with Crippen molar-refractivity contribution in [3.63, 3.8) is 0 Å². The number of carbonyl (C=O) groups excluding carboxylic acids is 3. The fourth-order valence-electron chi connectivity index (χ4n) is 11.4. The van der Waals surface area contributed by atoms with Gasteiger partial charge in [0.05, 0.1) is 65.6 Å². The van der Waals surface area contributed by atoms with Crippen LogP contribution in [-0.2, 0) is 23.8 Å². The molecule has 4 fully saturated rings. The maximum absolute atomic E-state index is 16.5. The normalized spacial score (nSPS) is 23.4. The second kappa shape index (κ2) is 20.9. The van der Waals surface area contributed by atoms with Gasteiger partial charge in [0.25, 0.3) is 0 Å². The number of carboxylic acid groups (broad SMARTS) is 1. The van der Waals surface area contributed by atoms with Gasteiger partial charge < -0.3 is 59.5 Å². The third-order valence-corrected chi connectivity index (χ3v) is 15.2. The summed E-state index contributed by atoms with van der Waals surface area (Å²) in [6.07, 6.45) is 2.42. The van der Waals surface area contributed by atoms with Gasteiger partial charge in [-0.25, -0.2) is 28.3 Å². The molecule has 3 aromatic carbocycles. The van der Waals surface area contributed by atoms with Crippen LogP contribution >= 0.6 is 0 Å². The summed E-state index contributed by atoms with van der Waals surface area (Å²) in [5, 5.41) is 14.6. The fraction of sp³-hybridized carbons (Fsp3) is 0.538. The van der Waals surface area contributed by atoms with Crippen molar-refractivity contribution in [3.8, 4) is 0 Å². The van der Waals surface area contributed by atoms with Crippen LogP contribution in [-0.4, -0.2) is 131 Å². The first kappa shape index (κ1) is 50.4. The standard InChI is InChI=1S/C52H66F2N10O8/c1-27(2)44(59-51(67)68)49(65)62-25-32(70-5)23-42(62)47-55-36-13-11-29(19-38(36)57-47)40-15-16-41(64(40)31-21-34(53)46(35(54)22-31)61-17-9-8-10-18-61)30-12-14-37-39(20-30)58-48(56-37)43-24-33(71-6)26-63(43)50(66)45(28(3)4)60-52(69)72-7/h11-14,19-22,27-28,32-33,40-45,59H,8-10,15-18,23-26H2,1-7H3,(H,55,57)(H,56,58)(H,60,69)(H,67,68)/t32-,33-,40-,41-,42+,43+,44+,45+/m1/s1.